The van der Waals surface area contributed by atoms with Gasteiger partial charge in [0.2, 0.25) is 0 Å². The van der Waals surface area contributed by atoms with Gasteiger partial charge in [0.25, 0.3) is 11.8 Å². The number of amides is 2. The molecule has 1 aromatic carbocycles. The van der Waals surface area contributed by atoms with E-state index in [9.17, 15) is 14.7 Å². The molecule has 3 heterocycles. The molecule has 0 unspecified atom stereocenters. The van der Waals surface area contributed by atoms with Crippen molar-refractivity contribution in [3.63, 3.8) is 0 Å². The average molecular weight is 509 g/mol. The molecule has 3 aromatic heterocycles. The number of hydrogen-bond acceptors (Lipinski definition) is 9. The van der Waals surface area contributed by atoms with Crippen molar-refractivity contribution in [3.05, 3.63) is 83.4 Å². The lowest BCUT2D eigenvalue weighted by Crippen LogP contribution is -2.19. The Hall–Kier alpha value is -5.21. The van der Waals surface area contributed by atoms with Gasteiger partial charge in [-0.05, 0) is 66.1 Å². The van der Waals surface area contributed by atoms with Crippen LogP contribution >= 0.6 is 0 Å². The van der Waals surface area contributed by atoms with Gasteiger partial charge in [0, 0.05) is 31.0 Å². The highest BCUT2D eigenvalue weighted by Crippen LogP contribution is 2.32. The van der Waals surface area contributed by atoms with Gasteiger partial charge in [-0.15, -0.1) is 5.10 Å². The molecule has 11 heteroatoms. The largest absolute Gasteiger partial charge is 0.395 e. The van der Waals surface area contributed by atoms with Crippen molar-refractivity contribution in [2.24, 2.45) is 0 Å². The van der Waals surface area contributed by atoms with Crippen LogP contribution in [0, 0.1) is 18.3 Å². The third kappa shape index (κ3) is 5.95. The number of nitrogens with zero attached hydrogens (tertiary/aromatic N) is 5. The topological polar surface area (TPSA) is 166 Å². The van der Waals surface area contributed by atoms with E-state index in [2.05, 4.69) is 36.1 Å². The zero-order chi connectivity index (χ0) is 27.1. The van der Waals surface area contributed by atoms with Gasteiger partial charge < -0.3 is 21.1 Å². The molecule has 0 spiro atoms. The van der Waals surface area contributed by atoms with E-state index in [0.717, 1.165) is 16.7 Å². The number of rotatable bonds is 8. The normalized spacial score (nSPS) is 10.4. The second kappa shape index (κ2) is 11.7. The maximum Gasteiger partial charge on any atom is 0.276 e. The van der Waals surface area contributed by atoms with E-state index in [1.165, 1.54) is 19.3 Å². The summed E-state index contributed by atoms with van der Waals surface area (Å²) in [5.41, 5.74) is 4.89. The SMILES string of the molecule is CNC(=O)c1cc(-c2cc(-c3cc(NC(=O)c4cc(C#N)cnn4)ccc3C)cc(NCCO)n2)ccn1. The monoisotopic (exact) mass is 508 g/mol. The van der Waals surface area contributed by atoms with Crippen molar-refractivity contribution in [1.29, 1.82) is 5.26 Å². The highest BCUT2D eigenvalue weighted by atomic mass is 16.3. The quantitative estimate of drug-likeness (QED) is 0.280. The lowest BCUT2D eigenvalue weighted by molar-refractivity contribution is 0.0957. The van der Waals surface area contributed by atoms with Crippen LogP contribution in [0.15, 0.2) is 60.9 Å². The number of anilines is 2. The summed E-state index contributed by atoms with van der Waals surface area (Å²) in [5, 5.41) is 34.3. The molecule has 0 radical (unpaired) electrons. The van der Waals surface area contributed by atoms with Gasteiger partial charge in [-0.25, -0.2) is 4.98 Å². The molecule has 2 amide bonds. The number of benzene rings is 1. The van der Waals surface area contributed by atoms with Crippen LogP contribution in [0.1, 0.15) is 32.1 Å². The number of carbonyl (C=O) groups excluding carboxylic acids is 2. The summed E-state index contributed by atoms with van der Waals surface area (Å²) < 4.78 is 0. The fourth-order valence-electron chi connectivity index (χ4n) is 3.70. The summed E-state index contributed by atoms with van der Waals surface area (Å²) in [6.07, 6.45) is 2.82. The summed E-state index contributed by atoms with van der Waals surface area (Å²) in [5.74, 6) is -0.281. The van der Waals surface area contributed by atoms with Crippen molar-refractivity contribution in [1.82, 2.24) is 25.5 Å². The molecular weight excluding hydrogens is 484 g/mol. The first-order valence-corrected chi connectivity index (χ1v) is 11.6. The van der Waals surface area contributed by atoms with Crippen LogP contribution in [0.25, 0.3) is 22.4 Å². The lowest BCUT2D eigenvalue weighted by atomic mass is 9.98. The van der Waals surface area contributed by atoms with E-state index in [1.807, 2.05) is 37.3 Å². The van der Waals surface area contributed by atoms with Crippen LogP contribution in [0.5, 0.6) is 0 Å². The Bertz CT molecular complexity index is 1550. The highest BCUT2D eigenvalue weighted by molar-refractivity contribution is 6.03. The zero-order valence-corrected chi connectivity index (χ0v) is 20.7. The standard InChI is InChI=1S/C27H24N8O3/c1-16-3-4-20(33-27(38)24-9-17(14-28)15-32-35-24)13-21(16)19-11-22(34-25(12-19)31-7-8-36)18-5-6-30-23(10-18)26(37)29-2/h3-6,9-13,15,36H,7-8H2,1-2H3,(H,29,37)(H,31,34)(H,33,38). The maximum atomic E-state index is 12.7. The Kier molecular flexibility index (Phi) is 7.95. The van der Waals surface area contributed by atoms with Crippen LogP contribution in [-0.2, 0) is 0 Å². The molecular formula is C27H24N8O3. The minimum Gasteiger partial charge on any atom is -0.395 e. The Morgan fingerprint density at radius 2 is 1.87 bits per heavy atom. The highest BCUT2D eigenvalue weighted by Gasteiger charge is 2.14. The van der Waals surface area contributed by atoms with Gasteiger partial charge in [-0.2, -0.15) is 10.4 Å². The summed E-state index contributed by atoms with van der Waals surface area (Å²) in [7, 11) is 1.54. The molecule has 0 saturated carbocycles. The fraction of sp³-hybridized carbons (Fsp3) is 0.148. The number of nitrogens with one attached hydrogen (secondary N) is 3. The van der Waals surface area contributed by atoms with Gasteiger partial charge in [0.1, 0.15) is 17.6 Å². The molecule has 38 heavy (non-hydrogen) atoms. The second-order valence-electron chi connectivity index (χ2n) is 8.21. The van der Waals surface area contributed by atoms with Gasteiger partial charge in [-0.1, -0.05) is 6.07 Å². The second-order valence-corrected chi connectivity index (χ2v) is 8.21. The number of pyridine rings is 2. The molecule has 0 fully saturated rings. The van der Waals surface area contributed by atoms with E-state index in [4.69, 9.17) is 5.26 Å². The summed E-state index contributed by atoms with van der Waals surface area (Å²) >= 11 is 0. The summed E-state index contributed by atoms with van der Waals surface area (Å²) in [4.78, 5) is 33.6. The molecule has 0 bridgehead atoms. The molecule has 190 valence electrons. The third-order valence-corrected chi connectivity index (χ3v) is 5.58. The first-order chi connectivity index (χ1) is 18.4. The van der Waals surface area contributed by atoms with E-state index < -0.39 is 5.91 Å². The van der Waals surface area contributed by atoms with Crippen molar-refractivity contribution >= 4 is 23.3 Å². The number of nitriles is 1. The van der Waals surface area contributed by atoms with Crippen LogP contribution in [0.2, 0.25) is 0 Å². The molecule has 0 aliphatic rings. The van der Waals surface area contributed by atoms with Crippen LogP contribution in [0.4, 0.5) is 11.5 Å². The number of aliphatic hydroxyl groups excluding tert-OH is 1. The molecule has 4 aromatic rings. The molecule has 0 aliphatic carbocycles. The third-order valence-electron chi connectivity index (χ3n) is 5.58. The predicted molar refractivity (Wildman–Crippen MR) is 141 cm³/mol. The van der Waals surface area contributed by atoms with E-state index in [0.29, 0.717) is 29.3 Å². The Morgan fingerprint density at radius 1 is 1.03 bits per heavy atom. The lowest BCUT2D eigenvalue weighted by Gasteiger charge is -2.14. The molecule has 4 rings (SSSR count). The van der Waals surface area contributed by atoms with Crippen molar-refractivity contribution < 1.29 is 14.7 Å². The predicted octanol–water partition coefficient (Wildman–Crippen LogP) is 2.80. The first-order valence-electron chi connectivity index (χ1n) is 11.6. The smallest absolute Gasteiger partial charge is 0.276 e. The Labute approximate surface area is 218 Å². The molecule has 4 N–H and O–H groups in total. The Balaban J connectivity index is 1.73. The van der Waals surface area contributed by atoms with Gasteiger partial charge >= 0.3 is 0 Å². The molecule has 0 atom stereocenters. The number of aromatic nitrogens is 4. The van der Waals surface area contributed by atoms with Gasteiger partial charge in [0.05, 0.1) is 24.1 Å². The van der Waals surface area contributed by atoms with Crippen molar-refractivity contribution in [3.8, 4) is 28.5 Å². The number of hydrogen-bond donors (Lipinski definition) is 4. The minimum absolute atomic E-state index is 0.0254. The number of aryl methyl sites for hydroxylation is 1. The van der Waals surface area contributed by atoms with Crippen molar-refractivity contribution in [2.75, 3.05) is 30.8 Å². The van der Waals surface area contributed by atoms with Crippen molar-refractivity contribution in [2.45, 2.75) is 6.92 Å². The average Bonchev–Trinajstić information content (AvgIpc) is 2.96. The van der Waals surface area contributed by atoms with Crippen LogP contribution in [-0.4, -0.2) is 57.3 Å². The van der Waals surface area contributed by atoms with Crippen LogP contribution < -0.4 is 16.0 Å². The fourth-order valence-corrected chi connectivity index (χ4v) is 3.70. The molecule has 0 aliphatic heterocycles. The molecule has 11 nitrogen and oxygen atoms in total. The molecule has 0 saturated heterocycles. The minimum atomic E-state index is -0.497. The number of aliphatic hydroxyl groups is 1. The zero-order valence-electron chi connectivity index (χ0n) is 20.7. The number of carbonyl (C=O) groups is 2. The van der Waals surface area contributed by atoms with Crippen LogP contribution in [0.3, 0.4) is 0 Å². The first kappa shape index (κ1) is 25.9. The Morgan fingerprint density at radius 3 is 2.63 bits per heavy atom. The maximum absolute atomic E-state index is 12.7. The van der Waals surface area contributed by atoms with Gasteiger partial charge in [0.15, 0.2) is 5.69 Å². The summed E-state index contributed by atoms with van der Waals surface area (Å²) in [6, 6.07) is 15.9. The van der Waals surface area contributed by atoms with E-state index in [1.54, 1.807) is 24.4 Å². The van der Waals surface area contributed by atoms with E-state index >= 15 is 0 Å². The summed E-state index contributed by atoms with van der Waals surface area (Å²) in [6.45, 7) is 2.17. The van der Waals surface area contributed by atoms with E-state index in [-0.39, 0.29) is 29.5 Å². The van der Waals surface area contributed by atoms with Gasteiger partial charge in [-0.3, -0.25) is 14.6 Å².